The van der Waals surface area contributed by atoms with Crippen molar-refractivity contribution in [3.63, 3.8) is 0 Å². The minimum Gasteiger partial charge on any atom is -0.480 e. The zero-order valence-electron chi connectivity index (χ0n) is 23.8. The van der Waals surface area contributed by atoms with Crippen LogP contribution < -0.4 is 5.32 Å². The van der Waals surface area contributed by atoms with Crippen LogP contribution in [0.5, 0.6) is 0 Å². The van der Waals surface area contributed by atoms with Crippen molar-refractivity contribution in [3.05, 3.63) is 0 Å². The molecule has 13 heteroatoms. The van der Waals surface area contributed by atoms with E-state index in [1.165, 1.54) is 0 Å². The van der Waals surface area contributed by atoms with Crippen LogP contribution in [-0.2, 0) is 23.9 Å². The lowest BCUT2D eigenvalue weighted by molar-refractivity contribution is -0.140. The first kappa shape index (κ1) is 38.0. The Balaban J connectivity index is 0. The Morgan fingerprint density at radius 2 is 1.18 bits per heavy atom. The lowest BCUT2D eigenvalue weighted by Gasteiger charge is -2.32. The fourth-order valence-electron chi connectivity index (χ4n) is 3.59. The quantitative estimate of drug-likeness (QED) is 0.157. The van der Waals surface area contributed by atoms with Crippen LogP contribution in [0, 0.1) is 0 Å². The van der Waals surface area contributed by atoms with Gasteiger partial charge in [-0.05, 0) is 6.42 Å². The Morgan fingerprint density at radius 3 is 1.58 bits per heavy atom. The predicted molar refractivity (Wildman–Crippen MR) is 145 cm³/mol. The molecule has 0 radical (unpaired) electrons. The summed E-state index contributed by atoms with van der Waals surface area (Å²) in [6.45, 7) is 11.4. The van der Waals surface area contributed by atoms with Crippen LogP contribution in [0.4, 0.5) is 0 Å². The van der Waals surface area contributed by atoms with E-state index in [1.807, 2.05) is 23.6 Å². The van der Waals surface area contributed by atoms with Crippen LogP contribution in [-0.4, -0.2) is 164 Å². The summed E-state index contributed by atoms with van der Waals surface area (Å²) < 4.78 is 5.46. The van der Waals surface area contributed by atoms with Gasteiger partial charge in [0.05, 0.1) is 32.8 Å². The highest BCUT2D eigenvalue weighted by atomic mass is 16.5. The van der Waals surface area contributed by atoms with Crippen LogP contribution in [0.1, 0.15) is 33.6 Å². The number of hydrogen-bond donors (Lipinski definition) is 4. The Bertz CT molecular complexity index is 627. The molecule has 1 rings (SSSR count). The number of carboxylic acid groups (broad SMARTS) is 2. The van der Waals surface area contributed by atoms with Crippen LogP contribution in [0.3, 0.4) is 0 Å². The molecule has 4 N–H and O–H groups in total. The molecule has 1 amide bonds. The number of aliphatic hydroxyl groups is 1. The molecule has 1 aliphatic heterocycles. The topological polar surface area (TPSA) is 163 Å². The first-order valence-electron chi connectivity index (χ1n) is 13.4. The molecule has 1 aliphatic rings. The molecule has 1 heterocycles. The number of carboxylic acids is 2. The molecule has 224 valence electrons. The van der Waals surface area contributed by atoms with E-state index in [1.54, 1.807) is 9.80 Å². The number of unbranched alkanes of at least 4 members (excludes halogenated alkanes) is 1. The maximum atomic E-state index is 12.4. The zero-order chi connectivity index (χ0) is 29.2. The van der Waals surface area contributed by atoms with Crippen molar-refractivity contribution in [2.24, 2.45) is 0 Å². The third kappa shape index (κ3) is 21.9. The van der Waals surface area contributed by atoms with Crippen LogP contribution in [0.2, 0.25) is 0 Å². The molecule has 0 aromatic carbocycles. The maximum Gasteiger partial charge on any atom is 0.317 e. The fourth-order valence-corrected chi connectivity index (χ4v) is 3.59. The molecule has 0 aromatic heterocycles. The highest BCUT2D eigenvalue weighted by Crippen LogP contribution is 2.01. The third-order valence-corrected chi connectivity index (χ3v) is 5.56. The van der Waals surface area contributed by atoms with E-state index in [0.29, 0.717) is 72.1 Å². The molecule has 0 aromatic rings. The number of rotatable bonds is 14. The molecule has 0 atom stereocenters. The molecule has 38 heavy (non-hydrogen) atoms. The summed E-state index contributed by atoms with van der Waals surface area (Å²) in [7, 11) is 1.00. The molecule has 1 saturated heterocycles. The average molecular weight is 550 g/mol. The number of nitrogens with one attached hydrogen (secondary N) is 1. The second kappa shape index (κ2) is 26.4. The molecular formula is C25H51N5O8. The van der Waals surface area contributed by atoms with E-state index in [2.05, 4.69) is 12.2 Å². The van der Waals surface area contributed by atoms with Gasteiger partial charge >= 0.3 is 11.9 Å². The first-order valence-corrected chi connectivity index (χ1v) is 13.4. The number of aldehydes is 1. The molecule has 0 bridgehead atoms. The van der Waals surface area contributed by atoms with Gasteiger partial charge in [0, 0.05) is 72.6 Å². The Hall–Kier alpha value is -2.16. The third-order valence-electron chi connectivity index (χ3n) is 5.56. The number of aliphatic carboxylic acids is 2. The van der Waals surface area contributed by atoms with Crippen molar-refractivity contribution in [2.45, 2.75) is 33.6 Å². The van der Waals surface area contributed by atoms with E-state index in [0.717, 1.165) is 26.2 Å². The normalized spacial score (nSPS) is 16.4. The Morgan fingerprint density at radius 1 is 0.763 bits per heavy atom. The van der Waals surface area contributed by atoms with Crippen molar-refractivity contribution >= 4 is 24.1 Å². The van der Waals surface area contributed by atoms with E-state index in [4.69, 9.17) is 9.84 Å². The summed E-state index contributed by atoms with van der Waals surface area (Å²) in [4.78, 5) is 53.5. The molecule has 13 nitrogen and oxygen atoms in total. The SMILES string of the molecule is CC.CCCCOCCNC(=O)CN1CCN(CC=O)CCN(CC(=O)O)CCN(CC(=O)O)CC1.CO. The highest BCUT2D eigenvalue weighted by Gasteiger charge is 2.20. The van der Waals surface area contributed by atoms with E-state index in [-0.39, 0.29) is 32.1 Å². The van der Waals surface area contributed by atoms with Gasteiger partial charge in [0.25, 0.3) is 0 Å². The highest BCUT2D eigenvalue weighted by molar-refractivity contribution is 5.78. The van der Waals surface area contributed by atoms with Crippen LogP contribution >= 0.6 is 0 Å². The molecule has 0 saturated carbocycles. The standard InChI is InChI=1S/C22H41N5O7.C2H6.CH4O/c1-2-3-15-34-16-4-23-20(29)17-25-7-5-24(13-14-28)6-8-26(18-21(30)31)11-12-27(10-9-25)19-22(32)33;2*1-2/h14H,2-13,15-19H2,1H3,(H,23,29)(H,30,31)(H,32,33);1-2H3;2H,1H3. The van der Waals surface area contributed by atoms with Gasteiger partial charge < -0.3 is 30.2 Å². The lowest BCUT2D eigenvalue weighted by atomic mass is 10.3. The molecular weight excluding hydrogens is 498 g/mol. The summed E-state index contributed by atoms with van der Waals surface area (Å²) >= 11 is 0. The van der Waals surface area contributed by atoms with Crippen LogP contribution in [0.25, 0.3) is 0 Å². The number of ether oxygens (including phenoxy) is 1. The van der Waals surface area contributed by atoms with E-state index < -0.39 is 11.9 Å². The second-order valence-corrected chi connectivity index (χ2v) is 8.40. The number of carbonyl (C=O) groups is 4. The van der Waals surface area contributed by atoms with Crippen molar-refractivity contribution in [3.8, 4) is 0 Å². The zero-order valence-corrected chi connectivity index (χ0v) is 23.8. The minimum absolute atomic E-state index is 0.134. The smallest absolute Gasteiger partial charge is 0.317 e. The summed E-state index contributed by atoms with van der Waals surface area (Å²) in [5.74, 6) is -2.04. The van der Waals surface area contributed by atoms with E-state index >= 15 is 0 Å². The average Bonchev–Trinajstić information content (AvgIpc) is 2.89. The van der Waals surface area contributed by atoms with Gasteiger partial charge in [-0.2, -0.15) is 0 Å². The molecule has 0 spiro atoms. The number of hydrogen-bond acceptors (Lipinski definition) is 10. The summed E-state index contributed by atoms with van der Waals surface area (Å²) in [5.41, 5.74) is 0. The van der Waals surface area contributed by atoms with Gasteiger partial charge in [0.15, 0.2) is 0 Å². The molecule has 1 fully saturated rings. The van der Waals surface area contributed by atoms with Gasteiger partial charge in [-0.3, -0.25) is 34.0 Å². The van der Waals surface area contributed by atoms with Crippen molar-refractivity contribution in [2.75, 3.05) is 105 Å². The molecule has 0 aliphatic carbocycles. The number of nitrogens with zero attached hydrogens (tertiary/aromatic N) is 4. The number of amides is 1. The minimum atomic E-state index is -0.957. The number of carbonyl (C=O) groups excluding carboxylic acids is 2. The van der Waals surface area contributed by atoms with Gasteiger partial charge in [-0.1, -0.05) is 27.2 Å². The van der Waals surface area contributed by atoms with Crippen molar-refractivity contribution in [1.82, 2.24) is 24.9 Å². The van der Waals surface area contributed by atoms with Crippen molar-refractivity contribution < 1.29 is 39.2 Å². The van der Waals surface area contributed by atoms with Gasteiger partial charge in [0.1, 0.15) is 6.29 Å². The van der Waals surface area contributed by atoms with E-state index in [9.17, 15) is 29.4 Å². The largest absolute Gasteiger partial charge is 0.480 e. The first-order chi connectivity index (χ1) is 18.3. The number of aliphatic hydroxyl groups excluding tert-OH is 1. The fraction of sp³-hybridized carbons (Fsp3) is 0.840. The monoisotopic (exact) mass is 549 g/mol. The Kier molecular flexibility index (Phi) is 26.4. The second-order valence-electron chi connectivity index (χ2n) is 8.40. The lowest BCUT2D eigenvalue weighted by Crippen LogP contribution is -2.49. The van der Waals surface area contributed by atoms with Gasteiger partial charge in [0.2, 0.25) is 5.91 Å². The molecule has 0 unspecified atom stereocenters. The predicted octanol–water partition coefficient (Wildman–Crippen LogP) is -0.856. The van der Waals surface area contributed by atoms with Gasteiger partial charge in [-0.15, -0.1) is 0 Å². The Labute approximate surface area is 227 Å². The van der Waals surface area contributed by atoms with Crippen LogP contribution in [0.15, 0.2) is 0 Å². The summed E-state index contributed by atoms with van der Waals surface area (Å²) in [6.07, 6.45) is 2.86. The summed E-state index contributed by atoms with van der Waals surface area (Å²) in [5, 5.41) is 28.3. The summed E-state index contributed by atoms with van der Waals surface area (Å²) in [6, 6.07) is 0. The van der Waals surface area contributed by atoms with Crippen molar-refractivity contribution in [1.29, 1.82) is 0 Å². The maximum absolute atomic E-state index is 12.4. The van der Waals surface area contributed by atoms with Gasteiger partial charge in [-0.25, -0.2) is 0 Å².